The van der Waals surface area contributed by atoms with Crippen molar-refractivity contribution in [3.63, 3.8) is 0 Å². The molecule has 0 saturated heterocycles. The number of nitrogens with two attached hydrogens (primary N) is 1. The van der Waals surface area contributed by atoms with E-state index in [9.17, 15) is 4.79 Å². The fraction of sp³-hybridized carbons (Fsp3) is 0.588. The minimum atomic E-state index is 0. The summed E-state index contributed by atoms with van der Waals surface area (Å²) in [5.74, 6) is 0.579. The molecule has 1 fully saturated rings. The normalized spacial score (nSPS) is 21.5. The lowest BCUT2D eigenvalue weighted by Crippen LogP contribution is -2.45. The maximum absolute atomic E-state index is 12.3. The minimum absolute atomic E-state index is 0. The van der Waals surface area contributed by atoms with E-state index in [-0.39, 0.29) is 24.4 Å². The Bertz CT molecular complexity index is 476. The van der Waals surface area contributed by atoms with Crippen LogP contribution >= 0.6 is 12.4 Å². The van der Waals surface area contributed by atoms with E-state index in [1.807, 2.05) is 0 Å². The molecule has 118 valence electrons. The van der Waals surface area contributed by atoms with Crippen LogP contribution in [0.4, 0.5) is 0 Å². The van der Waals surface area contributed by atoms with E-state index < -0.39 is 0 Å². The van der Waals surface area contributed by atoms with E-state index in [1.54, 1.807) is 0 Å². The third kappa shape index (κ3) is 5.01. The molecule has 2 atom stereocenters. The Balaban J connectivity index is 0.00000220. The van der Waals surface area contributed by atoms with Gasteiger partial charge in [0.1, 0.15) is 0 Å². The number of halogens is 1. The summed E-state index contributed by atoms with van der Waals surface area (Å²) in [4.78, 5) is 12.3. The topological polar surface area (TPSA) is 55.1 Å². The molecular formula is C17H27ClN2O. The quantitative estimate of drug-likeness (QED) is 0.898. The fourth-order valence-electron chi connectivity index (χ4n) is 3.10. The highest BCUT2D eigenvalue weighted by Gasteiger charge is 2.25. The number of rotatable bonds is 4. The summed E-state index contributed by atoms with van der Waals surface area (Å²) < 4.78 is 0. The summed E-state index contributed by atoms with van der Waals surface area (Å²) >= 11 is 0. The molecule has 1 saturated carbocycles. The van der Waals surface area contributed by atoms with E-state index in [1.165, 1.54) is 24.0 Å². The van der Waals surface area contributed by atoms with E-state index in [4.69, 9.17) is 5.73 Å². The highest BCUT2D eigenvalue weighted by Crippen LogP contribution is 2.23. The Hall–Kier alpha value is -1.06. The molecule has 2 unspecified atom stereocenters. The summed E-state index contributed by atoms with van der Waals surface area (Å²) in [5.41, 5.74) is 9.33. The van der Waals surface area contributed by atoms with Gasteiger partial charge in [0, 0.05) is 6.04 Å². The number of carbonyl (C=O) groups excluding carboxylic acids is 1. The van der Waals surface area contributed by atoms with Gasteiger partial charge in [-0.3, -0.25) is 4.79 Å². The zero-order valence-electron chi connectivity index (χ0n) is 13.0. The van der Waals surface area contributed by atoms with Gasteiger partial charge in [-0.25, -0.2) is 0 Å². The maximum atomic E-state index is 12.3. The summed E-state index contributed by atoms with van der Waals surface area (Å²) in [5, 5.41) is 3.20. The van der Waals surface area contributed by atoms with Crippen LogP contribution in [0.5, 0.6) is 0 Å². The SMILES string of the molecule is Cc1ccc(C)c(CC(=O)NC2CCCCC2CN)c1.Cl. The molecule has 3 N–H and O–H groups in total. The van der Waals surface area contributed by atoms with Crippen molar-refractivity contribution in [1.29, 1.82) is 0 Å². The van der Waals surface area contributed by atoms with Crippen molar-refractivity contribution in [3.05, 3.63) is 34.9 Å². The molecule has 21 heavy (non-hydrogen) atoms. The van der Waals surface area contributed by atoms with Crippen molar-refractivity contribution in [2.45, 2.75) is 52.0 Å². The number of amides is 1. The predicted molar refractivity (Wildman–Crippen MR) is 89.8 cm³/mol. The highest BCUT2D eigenvalue weighted by molar-refractivity contribution is 5.85. The smallest absolute Gasteiger partial charge is 0.224 e. The largest absolute Gasteiger partial charge is 0.353 e. The van der Waals surface area contributed by atoms with Crippen LogP contribution in [0, 0.1) is 19.8 Å². The molecule has 0 radical (unpaired) electrons. The van der Waals surface area contributed by atoms with Crippen LogP contribution in [0.3, 0.4) is 0 Å². The Morgan fingerprint density at radius 1 is 1.29 bits per heavy atom. The van der Waals surface area contributed by atoms with Gasteiger partial charge in [-0.2, -0.15) is 0 Å². The number of carbonyl (C=O) groups is 1. The molecule has 1 aliphatic rings. The average Bonchev–Trinajstić information content (AvgIpc) is 2.43. The van der Waals surface area contributed by atoms with Crippen LogP contribution in [0.2, 0.25) is 0 Å². The van der Waals surface area contributed by atoms with Crippen LogP contribution in [-0.2, 0) is 11.2 Å². The van der Waals surface area contributed by atoms with Crippen molar-refractivity contribution in [2.75, 3.05) is 6.54 Å². The first-order valence-electron chi connectivity index (χ1n) is 7.65. The third-order valence-electron chi connectivity index (χ3n) is 4.41. The summed E-state index contributed by atoms with van der Waals surface area (Å²) in [6.45, 7) is 4.80. The van der Waals surface area contributed by atoms with Gasteiger partial charge in [0.25, 0.3) is 0 Å². The summed E-state index contributed by atoms with van der Waals surface area (Å²) in [6.07, 6.45) is 5.13. The number of aryl methyl sites for hydroxylation is 2. The molecule has 3 nitrogen and oxygen atoms in total. The number of hydrogen-bond acceptors (Lipinski definition) is 2. The van der Waals surface area contributed by atoms with Crippen LogP contribution in [0.25, 0.3) is 0 Å². The zero-order chi connectivity index (χ0) is 14.5. The van der Waals surface area contributed by atoms with Gasteiger partial charge in [0.15, 0.2) is 0 Å². The van der Waals surface area contributed by atoms with Gasteiger partial charge < -0.3 is 11.1 Å². The molecule has 0 heterocycles. The summed E-state index contributed by atoms with van der Waals surface area (Å²) in [7, 11) is 0. The monoisotopic (exact) mass is 310 g/mol. The molecule has 1 aromatic rings. The van der Waals surface area contributed by atoms with Crippen molar-refractivity contribution >= 4 is 18.3 Å². The van der Waals surface area contributed by atoms with Crippen molar-refractivity contribution in [3.8, 4) is 0 Å². The van der Waals surface area contributed by atoms with Gasteiger partial charge >= 0.3 is 0 Å². The van der Waals surface area contributed by atoms with E-state index in [2.05, 4.69) is 37.4 Å². The van der Waals surface area contributed by atoms with Gasteiger partial charge in [-0.1, -0.05) is 36.6 Å². The molecular weight excluding hydrogens is 284 g/mol. The number of benzene rings is 1. The van der Waals surface area contributed by atoms with Crippen molar-refractivity contribution < 1.29 is 4.79 Å². The minimum Gasteiger partial charge on any atom is -0.353 e. The molecule has 1 aliphatic carbocycles. The van der Waals surface area contributed by atoms with Crippen LogP contribution < -0.4 is 11.1 Å². The van der Waals surface area contributed by atoms with E-state index >= 15 is 0 Å². The second kappa shape index (κ2) is 8.40. The number of hydrogen-bond donors (Lipinski definition) is 2. The Morgan fingerprint density at radius 3 is 2.71 bits per heavy atom. The van der Waals surface area contributed by atoms with Crippen LogP contribution in [0.1, 0.15) is 42.4 Å². The maximum Gasteiger partial charge on any atom is 0.224 e. The van der Waals surface area contributed by atoms with Crippen molar-refractivity contribution in [1.82, 2.24) is 5.32 Å². The first kappa shape index (κ1) is 18.0. The predicted octanol–water partition coefficient (Wildman–Crippen LogP) is 2.90. The first-order chi connectivity index (χ1) is 9.60. The Labute approximate surface area is 134 Å². The molecule has 4 heteroatoms. The lowest BCUT2D eigenvalue weighted by Gasteiger charge is -2.31. The summed E-state index contributed by atoms with van der Waals surface area (Å²) in [6, 6.07) is 6.55. The first-order valence-corrected chi connectivity index (χ1v) is 7.65. The number of nitrogens with one attached hydrogen (secondary N) is 1. The lowest BCUT2D eigenvalue weighted by molar-refractivity contribution is -0.121. The molecule has 2 rings (SSSR count). The second-order valence-electron chi connectivity index (χ2n) is 6.06. The molecule has 1 amide bonds. The van der Waals surface area contributed by atoms with Gasteiger partial charge in [0.05, 0.1) is 6.42 Å². The van der Waals surface area contributed by atoms with Gasteiger partial charge in [0.2, 0.25) is 5.91 Å². The lowest BCUT2D eigenvalue weighted by atomic mass is 9.84. The Kier molecular flexibility index (Phi) is 7.20. The Morgan fingerprint density at radius 2 is 2.00 bits per heavy atom. The van der Waals surface area contributed by atoms with Gasteiger partial charge in [-0.15, -0.1) is 12.4 Å². The third-order valence-corrected chi connectivity index (χ3v) is 4.41. The fourth-order valence-corrected chi connectivity index (χ4v) is 3.10. The second-order valence-corrected chi connectivity index (χ2v) is 6.06. The van der Waals surface area contributed by atoms with Crippen LogP contribution in [0.15, 0.2) is 18.2 Å². The molecule has 0 aromatic heterocycles. The molecule has 1 aromatic carbocycles. The van der Waals surface area contributed by atoms with Gasteiger partial charge in [-0.05, 0) is 50.3 Å². The molecule has 0 spiro atoms. The standard InChI is InChI=1S/C17H26N2O.ClH/c1-12-7-8-13(2)15(9-12)10-17(20)19-16-6-4-3-5-14(16)11-18;/h7-9,14,16H,3-6,10-11,18H2,1-2H3,(H,19,20);1H. The average molecular weight is 311 g/mol. The van der Waals surface area contributed by atoms with E-state index in [0.717, 1.165) is 18.4 Å². The molecule has 0 aliphatic heterocycles. The molecule has 0 bridgehead atoms. The van der Waals surface area contributed by atoms with Crippen molar-refractivity contribution in [2.24, 2.45) is 11.7 Å². The van der Waals surface area contributed by atoms with Crippen LogP contribution in [-0.4, -0.2) is 18.5 Å². The highest BCUT2D eigenvalue weighted by atomic mass is 35.5. The zero-order valence-corrected chi connectivity index (χ0v) is 13.8. The van der Waals surface area contributed by atoms with E-state index in [0.29, 0.717) is 18.9 Å².